The monoisotopic (exact) mass is 264 g/mol. The number of hydrogen-bond donors (Lipinski definition) is 1. The first-order valence-electron chi connectivity index (χ1n) is 5.40. The van der Waals surface area contributed by atoms with E-state index in [1.807, 2.05) is 0 Å². The highest BCUT2D eigenvalue weighted by molar-refractivity contribution is 8.14. The Labute approximate surface area is 109 Å². The predicted octanol–water partition coefficient (Wildman–Crippen LogP) is 1.24. The van der Waals surface area contributed by atoms with Gasteiger partial charge in [0, 0.05) is 12.6 Å². The van der Waals surface area contributed by atoms with Gasteiger partial charge >= 0.3 is 0 Å². The summed E-state index contributed by atoms with van der Waals surface area (Å²) < 4.78 is 0. The molecule has 6 heteroatoms. The maximum Gasteiger partial charge on any atom is 0.289 e. The lowest BCUT2D eigenvalue weighted by Crippen LogP contribution is -2.28. The quantitative estimate of drug-likeness (QED) is 0.892. The van der Waals surface area contributed by atoms with Crippen molar-refractivity contribution < 1.29 is 14.4 Å². The Bertz CT molecular complexity index is 500. The second-order valence-electron chi connectivity index (χ2n) is 3.81. The van der Waals surface area contributed by atoms with Gasteiger partial charge in [-0.3, -0.25) is 19.3 Å². The highest BCUT2D eigenvalue weighted by Crippen LogP contribution is 2.21. The van der Waals surface area contributed by atoms with Crippen molar-refractivity contribution in [2.75, 3.05) is 12.8 Å². The molecule has 1 aliphatic rings. The molecule has 0 unspecified atom stereocenters. The number of thioether (sulfide) groups is 1. The highest BCUT2D eigenvalue weighted by Gasteiger charge is 2.29. The number of nitrogens with zero attached hydrogens (tertiary/aromatic N) is 1. The summed E-state index contributed by atoms with van der Waals surface area (Å²) >= 11 is 1.01. The predicted molar refractivity (Wildman–Crippen MR) is 68.2 cm³/mol. The van der Waals surface area contributed by atoms with Gasteiger partial charge in [0.2, 0.25) is 5.91 Å². The van der Waals surface area contributed by atoms with Crippen LogP contribution in [0.3, 0.4) is 0 Å². The Morgan fingerprint density at radius 2 is 2.22 bits per heavy atom. The smallest absolute Gasteiger partial charge is 0.289 e. The van der Waals surface area contributed by atoms with Gasteiger partial charge in [0.05, 0.1) is 12.3 Å². The molecule has 1 aromatic rings. The van der Waals surface area contributed by atoms with E-state index in [0.29, 0.717) is 5.56 Å². The van der Waals surface area contributed by atoms with Crippen molar-refractivity contribution in [3.05, 3.63) is 35.4 Å². The molecule has 1 saturated heterocycles. The molecule has 3 amide bonds. The van der Waals surface area contributed by atoms with Gasteiger partial charge in [-0.15, -0.1) is 0 Å². The van der Waals surface area contributed by atoms with Crippen molar-refractivity contribution in [2.24, 2.45) is 0 Å². The maximum absolute atomic E-state index is 11.5. The molecule has 94 valence electrons. The summed E-state index contributed by atoms with van der Waals surface area (Å²) in [6.45, 7) is 0.218. The number of rotatable bonds is 3. The van der Waals surface area contributed by atoms with E-state index in [9.17, 15) is 14.4 Å². The molecule has 18 heavy (non-hydrogen) atoms. The molecule has 5 nitrogen and oxygen atoms in total. The van der Waals surface area contributed by atoms with Crippen molar-refractivity contribution in [2.45, 2.75) is 6.54 Å². The van der Waals surface area contributed by atoms with Crippen LogP contribution in [-0.4, -0.2) is 34.8 Å². The van der Waals surface area contributed by atoms with Crippen LogP contribution in [0.25, 0.3) is 0 Å². The van der Waals surface area contributed by atoms with Crippen LogP contribution in [0.15, 0.2) is 24.3 Å². The summed E-state index contributed by atoms with van der Waals surface area (Å²) in [4.78, 5) is 35.6. The van der Waals surface area contributed by atoms with Gasteiger partial charge in [-0.1, -0.05) is 23.9 Å². The zero-order chi connectivity index (χ0) is 13.1. The summed E-state index contributed by atoms with van der Waals surface area (Å²) in [5.74, 6) is -0.172. The molecule has 0 saturated carbocycles. The van der Waals surface area contributed by atoms with E-state index >= 15 is 0 Å². The van der Waals surface area contributed by atoms with Gasteiger partial charge in [-0.25, -0.2) is 0 Å². The van der Waals surface area contributed by atoms with Crippen LogP contribution < -0.4 is 5.32 Å². The third kappa shape index (κ3) is 2.53. The molecule has 1 aromatic carbocycles. The number of benzene rings is 1. The molecule has 0 aliphatic carbocycles. The third-order valence-electron chi connectivity index (χ3n) is 2.60. The molecule has 1 N–H and O–H groups in total. The third-order valence-corrected chi connectivity index (χ3v) is 3.46. The lowest BCUT2D eigenvalue weighted by Gasteiger charge is -2.13. The normalized spacial score (nSPS) is 15.1. The van der Waals surface area contributed by atoms with Crippen LogP contribution in [0.5, 0.6) is 0 Å². The Balaban J connectivity index is 2.17. The lowest BCUT2D eigenvalue weighted by molar-refractivity contribution is -0.125. The molecule has 0 spiro atoms. The van der Waals surface area contributed by atoms with Gasteiger partial charge in [0.15, 0.2) is 0 Å². The van der Waals surface area contributed by atoms with Crippen LogP contribution in [0.1, 0.15) is 15.9 Å². The first-order valence-corrected chi connectivity index (χ1v) is 6.38. The van der Waals surface area contributed by atoms with E-state index in [-0.39, 0.29) is 29.4 Å². The minimum Gasteiger partial charge on any atom is -0.355 e. The molecule has 0 atom stereocenters. The molecule has 0 radical (unpaired) electrons. The zero-order valence-corrected chi connectivity index (χ0v) is 10.6. The summed E-state index contributed by atoms with van der Waals surface area (Å²) in [5.41, 5.74) is 1.28. The lowest BCUT2D eigenvalue weighted by atomic mass is 10.1. The number of carbonyl (C=O) groups excluding carboxylic acids is 3. The highest BCUT2D eigenvalue weighted by atomic mass is 32.2. The number of carbonyl (C=O) groups is 3. The van der Waals surface area contributed by atoms with Crippen LogP contribution in [0.4, 0.5) is 4.79 Å². The van der Waals surface area contributed by atoms with Crippen molar-refractivity contribution >= 4 is 28.8 Å². The van der Waals surface area contributed by atoms with E-state index in [1.165, 1.54) is 4.90 Å². The van der Waals surface area contributed by atoms with Gasteiger partial charge < -0.3 is 5.32 Å². The first kappa shape index (κ1) is 12.6. The van der Waals surface area contributed by atoms with Crippen LogP contribution in [-0.2, 0) is 11.3 Å². The van der Waals surface area contributed by atoms with Crippen LogP contribution >= 0.6 is 11.8 Å². The molecule has 1 aliphatic heterocycles. The van der Waals surface area contributed by atoms with E-state index in [4.69, 9.17) is 0 Å². The molecule has 1 heterocycles. The fourth-order valence-corrected chi connectivity index (χ4v) is 2.40. The van der Waals surface area contributed by atoms with E-state index < -0.39 is 0 Å². The number of imide groups is 1. The summed E-state index contributed by atoms with van der Waals surface area (Å²) in [6, 6.07) is 6.89. The second kappa shape index (κ2) is 5.22. The maximum atomic E-state index is 11.5. The van der Waals surface area contributed by atoms with Gasteiger partial charge in [-0.05, 0) is 17.7 Å². The largest absolute Gasteiger partial charge is 0.355 e. The molecular formula is C12H12N2O3S. The standard InChI is InChI=1S/C12H12N2O3S/c1-13-11(16)9-4-2-3-8(5-9)6-14-10(15)7-18-12(14)17/h2-5H,6-7H2,1H3,(H,13,16). The van der Waals surface area contributed by atoms with Gasteiger partial charge in [0.1, 0.15) is 0 Å². The average Bonchev–Trinajstić information content (AvgIpc) is 2.70. The van der Waals surface area contributed by atoms with Gasteiger partial charge in [-0.2, -0.15) is 0 Å². The Hall–Kier alpha value is -1.82. The Kier molecular flexibility index (Phi) is 3.66. The topological polar surface area (TPSA) is 66.5 Å². The Morgan fingerprint density at radius 1 is 1.44 bits per heavy atom. The minimum absolute atomic E-state index is 0.185. The SMILES string of the molecule is CNC(=O)c1cccc(CN2C(=O)CSC2=O)c1. The van der Waals surface area contributed by atoms with E-state index in [0.717, 1.165) is 17.3 Å². The number of amides is 3. The van der Waals surface area contributed by atoms with Crippen molar-refractivity contribution in [1.29, 1.82) is 0 Å². The molecule has 2 rings (SSSR count). The fourth-order valence-electron chi connectivity index (χ4n) is 1.67. The van der Waals surface area contributed by atoms with Crippen molar-refractivity contribution in [3.63, 3.8) is 0 Å². The first-order chi connectivity index (χ1) is 8.61. The molecule has 0 bridgehead atoms. The average molecular weight is 264 g/mol. The van der Waals surface area contributed by atoms with Gasteiger partial charge in [0.25, 0.3) is 11.1 Å². The molecule has 0 aromatic heterocycles. The second-order valence-corrected chi connectivity index (χ2v) is 4.74. The summed E-state index contributed by atoms with van der Waals surface area (Å²) in [5, 5.41) is 2.30. The summed E-state index contributed by atoms with van der Waals surface area (Å²) in [7, 11) is 1.55. The molecular weight excluding hydrogens is 252 g/mol. The zero-order valence-electron chi connectivity index (χ0n) is 9.80. The fraction of sp³-hybridized carbons (Fsp3) is 0.250. The number of hydrogen-bond acceptors (Lipinski definition) is 4. The van der Waals surface area contributed by atoms with Crippen LogP contribution in [0, 0.1) is 0 Å². The Morgan fingerprint density at radius 3 is 2.83 bits per heavy atom. The van der Waals surface area contributed by atoms with E-state index in [2.05, 4.69) is 5.32 Å². The molecule has 1 fully saturated rings. The minimum atomic E-state index is -0.231. The van der Waals surface area contributed by atoms with E-state index in [1.54, 1.807) is 31.3 Å². The van der Waals surface area contributed by atoms with Crippen LogP contribution in [0.2, 0.25) is 0 Å². The van der Waals surface area contributed by atoms with Crippen molar-refractivity contribution in [3.8, 4) is 0 Å². The summed E-state index contributed by atoms with van der Waals surface area (Å²) in [6.07, 6.45) is 0. The van der Waals surface area contributed by atoms with Crippen molar-refractivity contribution in [1.82, 2.24) is 10.2 Å². The number of nitrogens with one attached hydrogen (secondary N) is 1.